The number of fused-ring (bicyclic) bond motifs is 1. The lowest BCUT2D eigenvalue weighted by molar-refractivity contribution is -0.163. The minimum atomic E-state index is -1.83. The second kappa shape index (κ2) is 4.45. The van der Waals surface area contributed by atoms with Gasteiger partial charge in [0.15, 0.2) is 10.7 Å². The lowest BCUT2D eigenvalue weighted by Crippen LogP contribution is -2.92. The molecule has 1 amide bonds. The molecule has 0 aliphatic carbocycles. The normalized spacial score (nSPS) is 27.8. The molecular formula is C10H14N4O5S. The van der Waals surface area contributed by atoms with Gasteiger partial charge >= 0.3 is 11.9 Å². The number of nitrogens with zero attached hydrogens (tertiary/aromatic N) is 1. The predicted molar refractivity (Wildman–Crippen MR) is 68.6 cm³/mol. The van der Waals surface area contributed by atoms with Crippen molar-refractivity contribution in [1.29, 1.82) is 0 Å². The van der Waals surface area contributed by atoms with Gasteiger partial charge in [-0.2, -0.15) is 0 Å². The number of carboxylic acid groups (broad SMARTS) is 1. The lowest BCUT2D eigenvalue weighted by Gasteiger charge is -2.60. The Kier molecular flexibility index (Phi) is 3.29. The number of aliphatic carboxylic acids is 1. The lowest BCUT2D eigenvalue weighted by atomic mass is 9.93. The fraction of sp³-hybridized carbons (Fsp3) is 0.500. The molecule has 1 saturated heterocycles. The van der Waals surface area contributed by atoms with Gasteiger partial charge in [0.05, 0.1) is 0 Å². The number of hydrogen-bond acceptors (Lipinski definition) is 8. The molecule has 0 aromatic heterocycles. The van der Waals surface area contributed by atoms with E-state index in [1.165, 1.54) is 6.92 Å². The van der Waals surface area contributed by atoms with Gasteiger partial charge in [-0.25, -0.2) is 4.79 Å². The van der Waals surface area contributed by atoms with Crippen LogP contribution in [0.5, 0.6) is 0 Å². The van der Waals surface area contributed by atoms with E-state index in [1.807, 2.05) is 0 Å². The first kappa shape index (κ1) is 14.8. The van der Waals surface area contributed by atoms with Crippen LogP contribution in [0.4, 0.5) is 0 Å². The molecular weight excluding hydrogens is 288 g/mol. The summed E-state index contributed by atoms with van der Waals surface area (Å²) in [5.41, 5.74) is 15.3. The molecule has 10 heteroatoms. The Morgan fingerprint density at radius 3 is 2.55 bits per heavy atom. The second-order valence-electron chi connectivity index (χ2n) is 4.53. The molecule has 110 valence electrons. The summed E-state index contributed by atoms with van der Waals surface area (Å²) in [7, 11) is 0. The van der Waals surface area contributed by atoms with E-state index in [-0.39, 0.29) is 23.6 Å². The average molecular weight is 302 g/mol. The first-order valence-corrected chi connectivity index (χ1v) is 6.55. The monoisotopic (exact) mass is 302 g/mol. The Bertz CT molecular complexity index is 546. The third-order valence-electron chi connectivity index (χ3n) is 3.16. The van der Waals surface area contributed by atoms with E-state index in [2.05, 4.69) is 0 Å². The Labute approximate surface area is 118 Å². The molecule has 1 atom stereocenters. The van der Waals surface area contributed by atoms with Crippen molar-refractivity contribution < 1.29 is 24.2 Å². The van der Waals surface area contributed by atoms with Crippen LogP contribution in [0.25, 0.3) is 0 Å². The summed E-state index contributed by atoms with van der Waals surface area (Å²) in [6, 6.07) is 0. The summed E-state index contributed by atoms with van der Waals surface area (Å²) in [5.74, 6) is -2.56. The molecule has 0 spiro atoms. The highest BCUT2D eigenvalue weighted by Gasteiger charge is 2.70. The molecule has 20 heavy (non-hydrogen) atoms. The maximum atomic E-state index is 11.9. The van der Waals surface area contributed by atoms with Crippen molar-refractivity contribution in [3.8, 4) is 0 Å². The molecule has 2 heterocycles. The maximum absolute atomic E-state index is 11.9. The van der Waals surface area contributed by atoms with Crippen LogP contribution < -0.4 is 17.2 Å². The molecule has 1 unspecified atom stereocenters. The number of carboxylic acids is 1. The summed E-state index contributed by atoms with van der Waals surface area (Å²) in [5, 5.41) is 9.26. The second-order valence-corrected chi connectivity index (χ2v) is 5.73. The minimum Gasteiger partial charge on any atom is -0.477 e. The smallest absolute Gasteiger partial charge is 0.352 e. The topological polar surface area (TPSA) is 162 Å². The molecule has 7 N–H and O–H groups in total. The molecule has 2 aliphatic rings. The highest BCUT2D eigenvalue weighted by molar-refractivity contribution is 8.01. The number of ether oxygens (including phenoxy) is 1. The van der Waals surface area contributed by atoms with Crippen molar-refractivity contribution in [2.75, 3.05) is 12.4 Å². The molecule has 0 bridgehead atoms. The third kappa shape index (κ3) is 1.80. The first-order chi connectivity index (χ1) is 9.13. The summed E-state index contributed by atoms with van der Waals surface area (Å²) >= 11 is 1.03. The van der Waals surface area contributed by atoms with Crippen LogP contribution in [0.3, 0.4) is 0 Å². The van der Waals surface area contributed by atoms with Crippen molar-refractivity contribution in [3.05, 3.63) is 11.3 Å². The Morgan fingerprint density at radius 1 is 1.45 bits per heavy atom. The van der Waals surface area contributed by atoms with Gasteiger partial charge in [-0.1, -0.05) is 0 Å². The zero-order chi connectivity index (χ0) is 15.3. The number of carbonyl (C=O) groups excluding carboxylic acids is 2. The van der Waals surface area contributed by atoms with Gasteiger partial charge in [0, 0.05) is 18.2 Å². The van der Waals surface area contributed by atoms with Crippen LogP contribution in [0.15, 0.2) is 11.3 Å². The van der Waals surface area contributed by atoms with Gasteiger partial charge in [0.25, 0.3) is 5.91 Å². The highest BCUT2D eigenvalue weighted by Crippen LogP contribution is 2.48. The number of nitrogens with two attached hydrogens (primary N) is 3. The van der Waals surface area contributed by atoms with E-state index >= 15 is 0 Å². The Morgan fingerprint density at radius 2 is 2.05 bits per heavy atom. The van der Waals surface area contributed by atoms with Crippen molar-refractivity contribution in [2.45, 2.75) is 17.6 Å². The minimum absolute atomic E-state index is 0.144. The fourth-order valence-corrected chi connectivity index (χ4v) is 3.29. The van der Waals surface area contributed by atoms with Crippen LogP contribution in [0.2, 0.25) is 0 Å². The van der Waals surface area contributed by atoms with Crippen LogP contribution in [0.1, 0.15) is 6.92 Å². The zero-order valence-electron chi connectivity index (χ0n) is 10.6. The maximum Gasteiger partial charge on any atom is 0.352 e. The summed E-state index contributed by atoms with van der Waals surface area (Å²) in [4.78, 5) is 33.4. The average Bonchev–Trinajstić information content (AvgIpc) is 2.35. The van der Waals surface area contributed by atoms with Gasteiger partial charge < -0.3 is 21.3 Å². The van der Waals surface area contributed by atoms with Gasteiger partial charge in [0.1, 0.15) is 12.3 Å². The molecule has 0 aromatic carbocycles. The van der Waals surface area contributed by atoms with E-state index in [4.69, 9.17) is 21.9 Å². The Hall–Kier alpha value is -1.62. The third-order valence-corrected chi connectivity index (χ3v) is 4.61. The molecule has 9 nitrogen and oxygen atoms in total. The summed E-state index contributed by atoms with van der Waals surface area (Å²) < 4.78 is 4.77. The highest BCUT2D eigenvalue weighted by atomic mass is 32.2. The largest absolute Gasteiger partial charge is 0.477 e. The van der Waals surface area contributed by atoms with Crippen LogP contribution >= 0.6 is 11.8 Å². The van der Waals surface area contributed by atoms with Crippen LogP contribution in [0, 0.1) is 0 Å². The summed E-state index contributed by atoms with van der Waals surface area (Å²) in [6.45, 7) is 0.968. The van der Waals surface area contributed by atoms with E-state index in [0.29, 0.717) is 0 Å². The first-order valence-electron chi connectivity index (χ1n) is 5.57. The van der Waals surface area contributed by atoms with Crippen LogP contribution in [-0.4, -0.2) is 50.9 Å². The molecule has 1 fully saturated rings. The Balaban J connectivity index is 2.40. The fourth-order valence-electron chi connectivity index (χ4n) is 2.04. The molecule has 0 radical (unpaired) electrons. The molecule has 2 aliphatic heterocycles. The number of hydrogen-bond donors (Lipinski definition) is 4. The quantitative estimate of drug-likeness (QED) is 0.255. The standard InChI is InChI=1S/C10H14N4O5S/c1-4(15)19-2-5-3-20-10(13)9(11,12)8(18)14(10)6(5)7(16)17/h2-3,11-13H2,1H3,(H,16,17). The number of rotatable bonds is 3. The SMILES string of the molecule is CC(=O)OCC1=C(C(=O)O)N2C(=O)C(N)(N)C2(N)SC1. The van der Waals surface area contributed by atoms with Crippen LogP contribution in [-0.2, 0) is 19.1 Å². The predicted octanol–water partition coefficient (Wildman–Crippen LogP) is -2.30. The van der Waals surface area contributed by atoms with Crippen molar-refractivity contribution in [3.63, 3.8) is 0 Å². The van der Waals surface area contributed by atoms with E-state index < -0.39 is 28.5 Å². The van der Waals surface area contributed by atoms with E-state index in [1.54, 1.807) is 0 Å². The number of β-lactam (4-membered cyclic amide) rings is 1. The van der Waals surface area contributed by atoms with E-state index in [9.17, 15) is 19.5 Å². The van der Waals surface area contributed by atoms with Crippen molar-refractivity contribution >= 4 is 29.6 Å². The van der Waals surface area contributed by atoms with Gasteiger partial charge in [-0.3, -0.25) is 20.2 Å². The van der Waals surface area contributed by atoms with Gasteiger partial charge in [0.2, 0.25) is 0 Å². The van der Waals surface area contributed by atoms with E-state index in [0.717, 1.165) is 16.7 Å². The summed E-state index contributed by atoms with van der Waals surface area (Å²) in [6.07, 6.45) is 0. The van der Waals surface area contributed by atoms with Gasteiger partial charge in [-0.05, 0) is 0 Å². The van der Waals surface area contributed by atoms with Crippen molar-refractivity contribution in [2.24, 2.45) is 17.2 Å². The van der Waals surface area contributed by atoms with Gasteiger partial charge in [-0.15, -0.1) is 11.8 Å². The number of esters is 1. The number of amides is 1. The molecule has 2 rings (SSSR count). The zero-order valence-corrected chi connectivity index (χ0v) is 11.4. The number of carbonyl (C=O) groups is 3. The molecule has 0 aromatic rings. The number of thioether (sulfide) groups is 1. The molecule has 0 saturated carbocycles. The van der Waals surface area contributed by atoms with Crippen molar-refractivity contribution in [1.82, 2.24) is 4.90 Å².